The van der Waals surface area contributed by atoms with Gasteiger partial charge in [0.2, 0.25) is 0 Å². The lowest BCUT2D eigenvalue weighted by Crippen LogP contribution is -1.99. The van der Waals surface area contributed by atoms with Gasteiger partial charge in [0.05, 0.1) is 12.0 Å². The first-order valence-electron chi connectivity index (χ1n) is 9.56. The van der Waals surface area contributed by atoms with Crippen molar-refractivity contribution in [2.24, 2.45) is 0 Å². The van der Waals surface area contributed by atoms with E-state index in [1.54, 1.807) is 24.5 Å². The smallest absolute Gasteiger partial charge is 0.195 e. The molecule has 0 atom stereocenters. The third kappa shape index (κ3) is 6.18. The zero-order valence-electron chi connectivity index (χ0n) is 16.8. The second-order valence-corrected chi connectivity index (χ2v) is 9.88. The molecule has 3 rings (SSSR count). The molecule has 0 amide bonds. The van der Waals surface area contributed by atoms with Gasteiger partial charge in [-0.15, -0.1) is 11.3 Å². The molecule has 30 heavy (non-hydrogen) atoms. The monoisotopic (exact) mass is 596 g/mol. The van der Waals surface area contributed by atoms with Crippen LogP contribution < -0.4 is 9.47 Å². The number of thiophene rings is 1. The van der Waals surface area contributed by atoms with E-state index >= 15 is 0 Å². The fourth-order valence-electron chi connectivity index (χ4n) is 2.89. The van der Waals surface area contributed by atoms with Crippen LogP contribution in [0.3, 0.4) is 0 Å². The molecule has 0 saturated heterocycles. The van der Waals surface area contributed by atoms with Crippen molar-refractivity contribution in [1.82, 2.24) is 0 Å². The Kier molecular flexibility index (Phi) is 8.53. The minimum absolute atomic E-state index is 0.00978. The largest absolute Gasteiger partial charge is 0.496 e. The normalized spacial score (nSPS) is 11.1. The van der Waals surface area contributed by atoms with Crippen LogP contribution in [0.2, 0.25) is 0 Å². The van der Waals surface area contributed by atoms with Gasteiger partial charge >= 0.3 is 0 Å². The second kappa shape index (κ2) is 11.1. The number of ether oxygens (including phenoxy) is 2. The molecule has 0 unspecified atom stereocenters. The fraction of sp³-hybridized carbons (Fsp3) is 0.208. The third-order valence-corrected chi connectivity index (χ3v) is 7.32. The van der Waals surface area contributed by atoms with Crippen LogP contribution in [0.5, 0.6) is 11.5 Å². The lowest BCUT2D eigenvalue weighted by Gasteiger charge is -2.11. The van der Waals surface area contributed by atoms with Gasteiger partial charge in [-0.2, -0.15) is 0 Å². The molecule has 156 valence electrons. The van der Waals surface area contributed by atoms with Crippen molar-refractivity contribution in [2.45, 2.75) is 26.4 Å². The first kappa shape index (κ1) is 23.0. The van der Waals surface area contributed by atoms with Gasteiger partial charge in [0.15, 0.2) is 5.78 Å². The highest BCUT2D eigenvalue weighted by atomic mass is 127. The van der Waals surface area contributed by atoms with E-state index in [9.17, 15) is 4.79 Å². The van der Waals surface area contributed by atoms with Crippen molar-refractivity contribution >= 4 is 61.7 Å². The molecule has 0 N–H and O–H groups in total. The van der Waals surface area contributed by atoms with E-state index in [1.165, 1.54) is 4.88 Å². The van der Waals surface area contributed by atoms with Gasteiger partial charge in [0, 0.05) is 18.5 Å². The van der Waals surface area contributed by atoms with E-state index in [-0.39, 0.29) is 5.78 Å². The quantitative estimate of drug-likeness (QED) is 0.145. The Morgan fingerprint density at radius 2 is 1.93 bits per heavy atom. The molecule has 0 aliphatic rings. The highest BCUT2D eigenvalue weighted by Gasteiger charge is 2.11. The van der Waals surface area contributed by atoms with Crippen molar-refractivity contribution in [2.75, 3.05) is 7.11 Å². The van der Waals surface area contributed by atoms with Crippen LogP contribution in [-0.2, 0) is 13.0 Å². The SMILES string of the molecule is CCCc1sc(C(=O)/C=C/c2ccc(OC)c(COc3ccc(I)cc3)c2)cc1Br. The van der Waals surface area contributed by atoms with Gasteiger partial charge in [-0.25, -0.2) is 0 Å². The second-order valence-electron chi connectivity index (χ2n) is 6.64. The van der Waals surface area contributed by atoms with Gasteiger partial charge < -0.3 is 9.47 Å². The number of rotatable bonds is 9. The molecule has 0 spiro atoms. The highest BCUT2D eigenvalue weighted by molar-refractivity contribution is 14.1. The van der Waals surface area contributed by atoms with E-state index in [0.29, 0.717) is 6.61 Å². The number of allylic oxidation sites excluding steroid dienone is 1. The number of halogens is 2. The average Bonchev–Trinajstić information content (AvgIpc) is 3.12. The van der Waals surface area contributed by atoms with Crippen LogP contribution in [0.25, 0.3) is 6.08 Å². The number of aryl methyl sites for hydroxylation is 1. The Labute approximate surface area is 203 Å². The molecule has 1 aromatic heterocycles. The molecular weight excluding hydrogens is 575 g/mol. The van der Waals surface area contributed by atoms with E-state index in [2.05, 4.69) is 45.4 Å². The summed E-state index contributed by atoms with van der Waals surface area (Å²) in [5.74, 6) is 1.57. The summed E-state index contributed by atoms with van der Waals surface area (Å²) in [7, 11) is 1.64. The molecule has 2 aromatic carbocycles. The van der Waals surface area contributed by atoms with Crippen LogP contribution >= 0.6 is 49.9 Å². The number of hydrogen-bond acceptors (Lipinski definition) is 4. The summed E-state index contributed by atoms with van der Waals surface area (Å²) in [6, 6.07) is 15.6. The fourth-order valence-corrected chi connectivity index (χ4v) is 5.14. The van der Waals surface area contributed by atoms with Crippen molar-refractivity contribution < 1.29 is 14.3 Å². The molecule has 0 aliphatic carbocycles. The summed E-state index contributed by atoms with van der Waals surface area (Å²) in [6.45, 7) is 2.52. The van der Waals surface area contributed by atoms with Crippen molar-refractivity contribution in [3.8, 4) is 11.5 Å². The molecule has 0 fully saturated rings. The van der Waals surface area contributed by atoms with Crippen molar-refractivity contribution in [3.63, 3.8) is 0 Å². The van der Waals surface area contributed by atoms with Gasteiger partial charge in [-0.1, -0.05) is 25.5 Å². The maximum atomic E-state index is 12.6. The molecule has 0 bridgehead atoms. The summed E-state index contributed by atoms with van der Waals surface area (Å²) in [6.07, 6.45) is 5.50. The summed E-state index contributed by atoms with van der Waals surface area (Å²) in [5.41, 5.74) is 1.85. The summed E-state index contributed by atoms with van der Waals surface area (Å²) < 4.78 is 13.5. The number of methoxy groups -OCH3 is 1. The molecule has 0 aliphatic heterocycles. The van der Waals surface area contributed by atoms with Gasteiger partial charge in [0.25, 0.3) is 0 Å². The van der Waals surface area contributed by atoms with Gasteiger partial charge in [-0.3, -0.25) is 4.79 Å². The Morgan fingerprint density at radius 1 is 1.17 bits per heavy atom. The number of carbonyl (C=O) groups excluding carboxylic acids is 1. The van der Waals surface area contributed by atoms with Crippen LogP contribution in [0, 0.1) is 3.57 Å². The summed E-state index contributed by atoms with van der Waals surface area (Å²) in [5, 5.41) is 0. The van der Waals surface area contributed by atoms with Gasteiger partial charge in [-0.05, 0) is 99.0 Å². The van der Waals surface area contributed by atoms with Crippen LogP contribution in [-0.4, -0.2) is 12.9 Å². The standard InChI is InChI=1S/C24H22BrIO3S/c1-3-4-23-20(25)14-24(30-23)21(27)11-5-16-6-12-22(28-2)17(13-16)15-29-19-9-7-18(26)8-10-19/h5-14H,3-4,15H2,1-2H3/b11-5+. The lowest BCUT2D eigenvalue weighted by atomic mass is 10.1. The molecule has 3 nitrogen and oxygen atoms in total. The highest BCUT2D eigenvalue weighted by Crippen LogP contribution is 2.29. The molecule has 1 heterocycles. The lowest BCUT2D eigenvalue weighted by molar-refractivity contribution is 0.105. The predicted octanol–water partition coefficient (Wildman–Crippen LogP) is 7.55. The number of benzene rings is 2. The van der Waals surface area contributed by atoms with Crippen molar-refractivity contribution in [3.05, 3.63) is 83.5 Å². The third-order valence-electron chi connectivity index (χ3n) is 4.42. The number of hydrogen-bond donors (Lipinski definition) is 0. The first-order chi connectivity index (χ1) is 14.5. The maximum Gasteiger partial charge on any atom is 0.195 e. The molecular formula is C24H22BrIO3S. The molecule has 3 aromatic rings. The summed E-state index contributed by atoms with van der Waals surface area (Å²) >= 11 is 7.37. The molecule has 6 heteroatoms. The maximum absolute atomic E-state index is 12.6. The minimum Gasteiger partial charge on any atom is -0.496 e. The van der Waals surface area contributed by atoms with E-state index in [4.69, 9.17) is 9.47 Å². The Hall–Kier alpha value is -1.64. The average molecular weight is 597 g/mol. The Balaban J connectivity index is 1.72. The predicted molar refractivity (Wildman–Crippen MR) is 136 cm³/mol. The van der Waals surface area contributed by atoms with Crippen LogP contribution in [0.15, 0.2) is 59.1 Å². The van der Waals surface area contributed by atoms with E-state index < -0.39 is 0 Å². The van der Waals surface area contributed by atoms with Crippen LogP contribution in [0.1, 0.15) is 39.0 Å². The minimum atomic E-state index is 0.00978. The zero-order chi connectivity index (χ0) is 21.5. The Morgan fingerprint density at radius 3 is 2.63 bits per heavy atom. The van der Waals surface area contributed by atoms with Gasteiger partial charge in [0.1, 0.15) is 18.1 Å². The van der Waals surface area contributed by atoms with Crippen LogP contribution in [0.4, 0.5) is 0 Å². The topological polar surface area (TPSA) is 35.5 Å². The first-order valence-corrected chi connectivity index (χ1v) is 12.2. The Bertz CT molecular complexity index is 1040. The van der Waals surface area contributed by atoms with E-state index in [1.807, 2.05) is 54.6 Å². The number of carbonyl (C=O) groups is 1. The zero-order valence-corrected chi connectivity index (χ0v) is 21.3. The number of ketones is 1. The summed E-state index contributed by atoms with van der Waals surface area (Å²) in [4.78, 5) is 14.6. The molecule has 0 saturated carbocycles. The van der Waals surface area contributed by atoms with E-state index in [0.717, 1.165) is 48.4 Å². The molecule has 0 radical (unpaired) electrons. The van der Waals surface area contributed by atoms with Crippen molar-refractivity contribution in [1.29, 1.82) is 0 Å².